The summed E-state index contributed by atoms with van der Waals surface area (Å²) in [5.41, 5.74) is 9.24. The maximum atomic E-state index is 5.60. The lowest BCUT2D eigenvalue weighted by atomic mass is 10.1. The zero-order valence-corrected chi connectivity index (χ0v) is 8.38. The van der Waals surface area contributed by atoms with Gasteiger partial charge in [-0.1, -0.05) is 23.8 Å². The van der Waals surface area contributed by atoms with Gasteiger partial charge in [-0.3, -0.25) is 0 Å². The van der Waals surface area contributed by atoms with E-state index in [4.69, 9.17) is 5.73 Å². The van der Waals surface area contributed by atoms with E-state index in [-0.39, 0.29) is 0 Å². The van der Waals surface area contributed by atoms with Crippen LogP contribution in [0.3, 0.4) is 0 Å². The Hall–Kier alpha value is -1.24. The third-order valence-electron chi connectivity index (χ3n) is 2.28. The summed E-state index contributed by atoms with van der Waals surface area (Å²) in [7, 11) is 0. The second kappa shape index (κ2) is 4.70. The van der Waals surface area contributed by atoms with Gasteiger partial charge in [0.05, 0.1) is 0 Å². The molecular weight excluding hydrogens is 158 g/mol. The summed E-state index contributed by atoms with van der Waals surface area (Å²) in [6.07, 6.45) is 4.41. The molecule has 0 fully saturated rings. The van der Waals surface area contributed by atoms with Crippen molar-refractivity contribution in [3.05, 3.63) is 41.5 Å². The number of nitrogens with two attached hydrogens (primary N) is 1. The molecule has 0 amide bonds. The molecule has 0 aliphatic heterocycles. The van der Waals surface area contributed by atoms with E-state index >= 15 is 0 Å². The maximum Gasteiger partial charge on any atom is 0.0314 e. The molecule has 0 spiro atoms. The number of aryl methyl sites for hydroxylation is 1. The van der Waals surface area contributed by atoms with Crippen molar-refractivity contribution in [3.63, 3.8) is 0 Å². The smallest absolute Gasteiger partial charge is 0.0314 e. The monoisotopic (exact) mass is 175 g/mol. The summed E-state index contributed by atoms with van der Waals surface area (Å²) in [4.78, 5) is 0. The second-order valence-electron chi connectivity index (χ2n) is 3.38. The van der Waals surface area contributed by atoms with E-state index in [1.165, 1.54) is 11.1 Å². The van der Waals surface area contributed by atoms with Gasteiger partial charge in [0, 0.05) is 5.69 Å². The Bertz CT molecular complexity index is 282. The first-order valence-corrected chi connectivity index (χ1v) is 4.68. The van der Waals surface area contributed by atoms with E-state index in [9.17, 15) is 0 Å². The summed E-state index contributed by atoms with van der Waals surface area (Å²) in [6, 6.07) is 8.11. The molecule has 1 aromatic rings. The molecule has 0 saturated carbocycles. The van der Waals surface area contributed by atoms with Crippen molar-refractivity contribution in [2.75, 3.05) is 5.73 Å². The molecule has 0 aliphatic carbocycles. The fourth-order valence-electron chi connectivity index (χ4n) is 1.17. The Labute approximate surface area is 80.3 Å². The van der Waals surface area contributed by atoms with Crippen LogP contribution >= 0.6 is 0 Å². The van der Waals surface area contributed by atoms with Gasteiger partial charge in [-0.2, -0.15) is 0 Å². The van der Waals surface area contributed by atoms with E-state index in [2.05, 4.69) is 32.1 Å². The van der Waals surface area contributed by atoms with Crippen LogP contribution in [0.1, 0.15) is 25.8 Å². The Balaban J connectivity index is 2.51. The van der Waals surface area contributed by atoms with E-state index in [0.717, 1.165) is 18.5 Å². The van der Waals surface area contributed by atoms with E-state index in [0.29, 0.717) is 0 Å². The minimum absolute atomic E-state index is 0.839. The molecule has 1 heteroatoms. The average Bonchev–Trinajstić information content (AvgIpc) is 2.16. The minimum Gasteiger partial charge on any atom is -0.399 e. The molecule has 2 N–H and O–H groups in total. The molecule has 0 aliphatic rings. The molecule has 0 radical (unpaired) electrons. The van der Waals surface area contributed by atoms with Gasteiger partial charge in [-0.15, -0.1) is 0 Å². The predicted molar refractivity (Wildman–Crippen MR) is 58.6 cm³/mol. The van der Waals surface area contributed by atoms with Gasteiger partial charge < -0.3 is 5.73 Å². The molecule has 0 atom stereocenters. The SMILES string of the molecule is C/C=C(/C)CCc1ccc(N)cc1. The predicted octanol–water partition coefficient (Wildman–Crippen LogP) is 3.17. The quantitative estimate of drug-likeness (QED) is 0.554. The van der Waals surface area contributed by atoms with Crippen molar-refractivity contribution in [3.8, 4) is 0 Å². The molecule has 1 aromatic carbocycles. The largest absolute Gasteiger partial charge is 0.399 e. The van der Waals surface area contributed by atoms with Crippen molar-refractivity contribution in [1.29, 1.82) is 0 Å². The van der Waals surface area contributed by atoms with Crippen LogP contribution in [0, 0.1) is 0 Å². The van der Waals surface area contributed by atoms with Crippen LogP contribution in [0.25, 0.3) is 0 Å². The standard InChI is InChI=1S/C12H17N/c1-3-10(2)4-5-11-6-8-12(13)9-7-11/h3,6-9H,4-5,13H2,1-2H3/b10-3-. The number of anilines is 1. The van der Waals surface area contributed by atoms with Crippen molar-refractivity contribution >= 4 is 5.69 Å². The zero-order valence-electron chi connectivity index (χ0n) is 8.38. The Kier molecular flexibility index (Phi) is 3.56. The number of rotatable bonds is 3. The molecule has 13 heavy (non-hydrogen) atoms. The first kappa shape index (κ1) is 9.85. The lowest BCUT2D eigenvalue weighted by Gasteiger charge is -2.01. The van der Waals surface area contributed by atoms with E-state index in [1.807, 2.05) is 12.1 Å². The highest BCUT2D eigenvalue weighted by Crippen LogP contribution is 2.10. The Morgan fingerprint density at radius 1 is 1.31 bits per heavy atom. The highest BCUT2D eigenvalue weighted by atomic mass is 14.5. The molecule has 0 heterocycles. The Morgan fingerprint density at radius 3 is 2.46 bits per heavy atom. The van der Waals surface area contributed by atoms with Crippen molar-refractivity contribution in [1.82, 2.24) is 0 Å². The third kappa shape index (κ3) is 3.32. The lowest BCUT2D eigenvalue weighted by Crippen LogP contribution is -1.88. The van der Waals surface area contributed by atoms with Crippen molar-refractivity contribution in [2.24, 2.45) is 0 Å². The van der Waals surface area contributed by atoms with Crippen LogP contribution in [0.15, 0.2) is 35.9 Å². The molecule has 1 nitrogen and oxygen atoms in total. The average molecular weight is 175 g/mol. The van der Waals surface area contributed by atoms with Gasteiger partial charge in [-0.05, 0) is 44.4 Å². The molecule has 1 rings (SSSR count). The third-order valence-corrected chi connectivity index (χ3v) is 2.28. The van der Waals surface area contributed by atoms with E-state index in [1.54, 1.807) is 0 Å². The highest BCUT2D eigenvalue weighted by molar-refractivity contribution is 5.39. The molecular formula is C12H17N. The van der Waals surface area contributed by atoms with Crippen LogP contribution in [0.4, 0.5) is 5.69 Å². The topological polar surface area (TPSA) is 26.0 Å². The summed E-state index contributed by atoms with van der Waals surface area (Å²) < 4.78 is 0. The van der Waals surface area contributed by atoms with Crippen LogP contribution in [0.2, 0.25) is 0 Å². The van der Waals surface area contributed by atoms with Gasteiger partial charge >= 0.3 is 0 Å². The number of benzene rings is 1. The fraction of sp³-hybridized carbons (Fsp3) is 0.333. The first-order chi connectivity index (χ1) is 6.22. The molecule has 70 valence electrons. The molecule has 0 aromatic heterocycles. The highest BCUT2D eigenvalue weighted by Gasteiger charge is 1.93. The second-order valence-corrected chi connectivity index (χ2v) is 3.38. The van der Waals surface area contributed by atoms with Gasteiger partial charge in [0.1, 0.15) is 0 Å². The van der Waals surface area contributed by atoms with Crippen molar-refractivity contribution in [2.45, 2.75) is 26.7 Å². The first-order valence-electron chi connectivity index (χ1n) is 4.68. The molecule has 0 bridgehead atoms. The summed E-state index contributed by atoms with van der Waals surface area (Å²) in [5, 5.41) is 0. The minimum atomic E-state index is 0.839. The summed E-state index contributed by atoms with van der Waals surface area (Å²) >= 11 is 0. The lowest BCUT2D eigenvalue weighted by molar-refractivity contribution is 0.938. The zero-order chi connectivity index (χ0) is 9.68. The number of allylic oxidation sites excluding steroid dienone is 2. The van der Waals surface area contributed by atoms with Gasteiger partial charge in [0.2, 0.25) is 0 Å². The van der Waals surface area contributed by atoms with Crippen LogP contribution in [-0.2, 0) is 6.42 Å². The van der Waals surface area contributed by atoms with E-state index < -0.39 is 0 Å². The van der Waals surface area contributed by atoms with Gasteiger partial charge in [-0.25, -0.2) is 0 Å². The molecule has 0 saturated heterocycles. The van der Waals surface area contributed by atoms with Crippen LogP contribution in [-0.4, -0.2) is 0 Å². The van der Waals surface area contributed by atoms with Crippen LogP contribution in [0.5, 0.6) is 0 Å². The normalized spacial score (nSPS) is 11.7. The van der Waals surface area contributed by atoms with Crippen LogP contribution < -0.4 is 5.73 Å². The van der Waals surface area contributed by atoms with Gasteiger partial charge in [0.15, 0.2) is 0 Å². The fourth-order valence-corrected chi connectivity index (χ4v) is 1.17. The van der Waals surface area contributed by atoms with Gasteiger partial charge in [0.25, 0.3) is 0 Å². The Morgan fingerprint density at radius 2 is 1.92 bits per heavy atom. The summed E-state index contributed by atoms with van der Waals surface area (Å²) in [6.45, 7) is 4.25. The maximum absolute atomic E-state index is 5.60. The number of hydrogen-bond donors (Lipinski definition) is 1. The van der Waals surface area contributed by atoms with Crippen molar-refractivity contribution < 1.29 is 0 Å². The summed E-state index contributed by atoms with van der Waals surface area (Å²) in [5.74, 6) is 0. The number of nitrogen functional groups attached to an aromatic ring is 1. The molecule has 0 unspecified atom stereocenters. The number of hydrogen-bond acceptors (Lipinski definition) is 1.